The van der Waals surface area contributed by atoms with Gasteiger partial charge >= 0.3 is 0 Å². The molecule has 2 aliphatic carbocycles. The molecule has 0 N–H and O–H groups in total. The largest absolute Gasteiger partial charge is 0.0882 e. The molecular weight excluding hydrogens is 156 g/mol. The van der Waals surface area contributed by atoms with Crippen LogP contribution in [0.5, 0.6) is 0 Å². The molecule has 0 heteroatoms. The van der Waals surface area contributed by atoms with Crippen LogP contribution < -0.4 is 0 Å². The van der Waals surface area contributed by atoms with Crippen LogP contribution >= 0.6 is 0 Å². The van der Waals surface area contributed by atoms with E-state index in [1.165, 1.54) is 57.8 Å². The summed E-state index contributed by atoms with van der Waals surface area (Å²) in [6.07, 6.45) is 18.2. The molecule has 1 saturated carbocycles. The van der Waals surface area contributed by atoms with Crippen LogP contribution in [0.2, 0.25) is 0 Å². The van der Waals surface area contributed by atoms with Crippen molar-refractivity contribution in [2.24, 2.45) is 11.8 Å². The van der Waals surface area contributed by atoms with Crippen LogP contribution in [0.15, 0.2) is 12.2 Å². The van der Waals surface area contributed by atoms with Crippen molar-refractivity contribution < 1.29 is 0 Å². The van der Waals surface area contributed by atoms with E-state index in [0.717, 1.165) is 11.8 Å². The highest BCUT2D eigenvalue weighted by Gasteiger charge is 2.21. The average molecular weight is 178 g/mol. The molecule has 0 spiro atoms. The van der Waals surface area contributed by atoms with Crippen LogP contribution in [0.1, 0.15) is 57.8 Å². The topological polar surface area (TPSA) is 0 Å². The zero-order chi connectivity index (χ0) is 8.93. The van der Waals surface area contributed by atoms with Crippen molar-refractivity contribution in [1.82, 2.24) is 0 Å². The summed E-state index contributed by atoms with van der Waals surface area (Å²) in [6, 6.07) is 0. The Labute approximate surface area is 82.4 Å². The van der Waals surface area contributed by atoms with Gasteiger partial charge in [0.1, 0.15) is 0 Å². The third kappa shape index (κ3) is 2.59. The summed E-state index contributed by atoms with van der Waals surface area (Å²) in [7, 11) is 0. The summed E-state index contributed by atoms with van der Waals surface area (Å²) in [5, 5.41) is 0. The molecule has 0 radical (unpaired) electrons. The molecule has 0 aromatic rings. The molecule has 0 heterocycles. The highest BCUT2D eigenvalue weighted by Crippen LogP contribution is 2.34. The van der Waals surface area contributed by atoms with Gasteiger partial charge < -0.3 is 0 Å². The first-order chi connectivity index (χ1) is 6.47. The Morgan fingerprint density at radius 2 is 1.54 bits per heavy atom. The van der Waals surface area contributed by atoms with Crippen LogP contribution in [0.4, 0.5) is 0 Å². The molecule has 1 fully saturated rings. The fourth-order valence-corrected chi connectivity index (χ4v) is 2.96. The normalized spacial score (nSPS) is 31.5. The van der Waals surface area contributed by atoms with Crippen LogP contribution in [0.25, 0.3) is 0 Å². The minimum atomic E-state index is 0.947. The van der Waals surface area contributed by atoms with E-state index in [1.54, 1.807) is 0 Å². The molecule has 2 rings (SSSR count). The lowest BCUT2D eigenvalue weighted by molar-refractivity contribution is 0.273. The van der Waals surface area contributed by atoms with Crippen LogP contribution in [-0.4, -0.2) is 0 Å². The smallest absolute Gasteiger partial charge is 0.0205 e. The first kappa shape index (κ1) is 9.30. The lowest BCUT2D eigenvalue weighted by Gasteiger charge is -2.27. The Morgan fingerprint density at radius 3 is 2.38 bits per heavy atom. The van der Waals surface area contributed by atoms with Gasteiger partial charge in [0.15, 0.2) is 0 Å². The van der Waals surface area contributed by atoms with Crippen molar-refractivity contribution in [3.8, 4) is 0 Å². The maximum atomic E-state index is 2.53. The predicted molar refractivity (Wildman–Crippen MR) is 57.7 cm³/mol. The standard InChI is InChI=1S/C13H22/c1-2-5-9-12(8-4-1)13-10-6-3-7-11-13/h4,8,12-13H,1-3,5-7,9-11H2/t12-/m1/s1. The summed E-state index contributed by atoms with van der Waals surface area (Å²) in [4.78, 5) is 0. The van der Waals surface area contributed by atoms with Gasteiger partial charge in [-0.05, 0) is 43.9 Å². The maximum absolute atomic E-state index is 2.53. The highest BCUT2D eigenvalue weighted by atomic mass is 14.3. The number of allylic oxidation sites excluding steroid dienone is 2. The minimum Gasteiger partial charge on any atom is -0.0882 e. The van der Waals surface area contributed by atoms with E-state index in [-0.39, 0.29) is 0 Å². The Hall–Kier alpha value is -0.260. The zero-order valence-corrected chi connectivity index (χ0v) is 8.67. The lowest BCUT2D eigenvalue weighted by atomic mass is 9.78. The van der Waals surface area contributed by atoms with Crippen molar-refractivity contribution in [2.45, 2.75) is 57.8 Å². The first-order valence-corrected chi connectivity index (χ1v) is 6.13. The van der Waals surface area contributed by atoms with E-state index in [0.29, 0.717) is 0 Å². The fraction of sp³-hybridized carbons (Fsp3) is 0.846. The summed E-state index contributed by atoms with van der Waals surface area (Å²) in [5.74, 6) is 1.99. The molecule has 0 nitrogen and oxygen atoms in total. The van der Waals surface area contributed by atoms with Crippen LogP contribution in [0, 0.1) is 11.8 Å². The van der Waals surface area contributed by atoms with Crippen molar-refractivity contribution in [2.75, 3.05) is 0 Å². The molecule has 0 bridgehead atoms. The zero-order valence-electron chi connectivity index (χ0n) is 8.67. The molecule has 74 valence electrons. The third-order valence-electron chi connectivity index (χ3n) is 3.80. The Bertz CT molecular complexity index is 163. The second-order valence-corrected chi connectivity index (χ2v) is 4.77. The monoisotopic (exact) mass is 178 g/mol. The van der Waals surface area contributed by atoms with Gasteiger partial charge in [0.2, 0.25) is 0 Å². The fourth-order valence-electron chi connectivity index (χ4n) is 2.96. The number of rotatable bonds is 1. The van der Waals surface area contributed by atoms with E-state index in [2.05, 4.69) is 12.2 Å². The lowest BCUT2D eigenvalue weighted by Crippen LogP contribution is -2.15. The average Bonchev–Trinajstić information content (AvgIpc) is 2.47. The van der Waals surface area contributed by atoms with E-state index in [4.69, 9.17) is 0 Å². The Balaban J connectivity index is 1.89. The van der Waals surface area contributed by atoms with Gasteiger partial charge in [-0.25, -0.2) is 0 Å². The molecule has 2 aliphatic rings. The van der Waals surface area contributed by atoms with Gasteiger partial charge in [0, 0.05) is 0 Å². The maximum Gasteiger partial charge on any atom is -0.0205 e. The molecule has 0 unspecified atom stereocenters. The van der Waals surface area contributed by atoms with Gasteiger partial charge in [-0.2, -0.15) is 0 Å². The third-order valence-corrected chi connectivity index (χ3v) is 3.80. The summed E-state index contributed by atoms with van der Waals surface area (Å²) >= 11 is 0. The summed E-state index contributed by atoms with van der Waals surface area (Å²) in [6.45, 7) is 0. The van der Waals surface area contributed by atoms with Gasteiger partial charge in [-0.15, -0.1) is 0 Å². The van der Waals surface area contributed by atoms with Crippen molar-refractivity contribution in [3.63, 3.8) is 0 Å². The van der Waals surface area contributed by atoms with Gasteiger partial charge in [0.05, 0.1) is 0 Å². The first-order valence-electron chi connectivity index (χ1n) is 6.13. The van der Waals surface area contributed by atoms with Crippen molar-refractivity contribution >= 4 is 0 Å². The van der Waals surface area contributed by atoms with Gasteiger partial charge in [-0.3, -0.25) is 0 Å². The molecule has 1 atom stereocenters. The van der Waals surface area contributed by atoms with Crippen molar-refractivity contribution in [3.05, 3.63) is 12.2 Å². The van der Waals surface area contributed by atoms with Crippen molar-refractivity contribution in [1.29, 1.82) is 0 Å². The SMILES string of the molecule is C1=C[C@@H](C2CCCCC2)CCCC1. The Kier molecular flexibility index (Phi) is 3.46. The highest BCUT2D eigenvalue weighted by molar-refractivity contribution is 4.94. The number of hydrogen-bond acceptors (Lipinski definition) is 0. The second-order valence-electron chi connectivity index (χ2n) is 4.77. The molecule has 0 amide bonds. The number of hydrogen-bond donors (Lipinski definition) is 0. The van der Waals surface area contributed by atoms with E-state index >= 15 is 0 Å². The van der Waals surface area contributed by atoms with E-state index < -0.39 is 0 Å². The summed E-state index contributed by atoms with van der Waals surface area (Å²) in [5.41, 5.74) is 0. The molecule has 0 aliphatic heterocycles. The quantitative estimate of drug-likeness (QED) is 0.525. The molecular formula is C13H22. The predicted octanol–water partition coefficient (Wildman–Crippen LogP) is 4.31. The molecule has 0 aromatic heterocycles. The second kappa shape index (κ2) is 4.83. The molecule has 13 heavy (non-hydrogen) atoms. The summed E-state index contributed by atoms with van der Waals surface area (Å²) < 4.78 is 0. The van der Waals surface area contributed by atoms with Gasteiger partial charge in [-0.1, -0.05) is 37.8 Å². The molecule has 0 saturated heterocycles. The van der Waals surface area contributed by atoms with E-state index in [9.17, 15) is 0 Å². The van der Waals surface area contributed by atoms with Crippen LogP contribution in [-0.2, 0) is 0 Å². The molecule has 0 aromatic carbocycles. The minimum absolute atomic E-state index is 0.947. The van der Waals surface area contributed by atoms with E-state index in [1.807, 2.05) is 0 Å². The van der Waals surface area contributed by atoms with Crippen LogP contribution in [0.3, 0.4) is 0 Å². The Morgan fingerprint density at radius 1 is 0.769 bits per heavy atom. The van der Waals surface area contributed by atoms with Gasteiger partial charge in [0.25, 0.3) is 0 Å².